The number of halogens is 3. The minimum atomic E-state index is -2.32. The standard InChI is InChI=1S/C9H10BrF2N/c1-6-2-3-7(4-8(6)10)13-5-9(11)12/h2-4,9,13H,5H2,1H3. The van der Waals surface area contributed by atoms with E-state index < -0.39 is 6.43 Å². The first-order chi connectivity index (χ1) is 6.09. The Balaban J connectivity index is 2.63. The Bertz CT molecular complexity index is 289. The van der Waals surface area contributed by atoms with Gasteiger partial charge in [0.2, 0.25) is 0 Å². The first-order valence-corrected chi connectivity index (χ1v) is 4.67. The van der Waals surface area contributed by atoms with Crippen LogP contribution in [-0.4, -0.2) is 13.0 Å². The molecule has 0 atom stereocenters. The zero-order chi connectivity index (χ0) is 9.84. The molecule has 0 aromatic heterocycles. The Morgan fingerprint density at radius 2 is 2.15 bits per heavy atom. The van der Waals surface area contributed by atoms with Crippen molar-refractivity contribution in [3.8, 4) is 0 Å². The van der Waals surface area contributed by atoms with Gasteiger partial charge in [0.1, 0.15) is 0 Å². The first-order valence-electron chi connectivity index (χ1n) is 3.88. The van der Waals surface area contributed by atoms with E-state index in [1.807, 2.05) is 13.0 Å². The fourth-order valence-electron chi connectivity index (χ4n) is 0.898. The van der Waals surface area contributed by atoms with E-state index in [9.17, 15) is 8.78 Å². The maximum absolute atomic E-state index is 11.8. The smallest absolute Gasteiger partial charge is 0.255 e. The molecule has 1 rings (SSSR count). The number of nitrogens with one attached hydrogen (secondary N) is 1. The number of hydrogen-bond donors (Lipinski definition) is 1. The summed E-state index contributed by atoms with van der Waals surface area (Å²) < 4.78 is 24.6. The van der Waals surface area contributed by atoms with E-state index in [-0.39, 0.29) is 6.54 Å². The lowest BCUT2D eigenvalue weighted by Crippen LogP contribution is -2.09. The van der Waals surface area contributed by atoms with E-state index >= 15 is 0 Å². The molecule has 0 unspecified atom stereocenters. The molecule has 0 spiro atoms. The quantitative estimate of drug-likeness (QED) is 0.866. The molecule has 0 aliphatic heterocycles. The van der Waals surface area contributed by atoms with Crippen LogP contribution in [0.4, 0.5) is 14.5 Å². The van der Waals surface area contributed by atoms with Crippen molar-refractivity contribution in [2.24, 2.45) is 0 Å². The molecule has 13 heavy (non-hydrogen) atoms. The largest absolute Gasteiger partial charge is 0.379 e. The molecule has 0 aliphatic rings. The molecule has 0 heterocycles. The van der Waals surface area contributed by atoms with Gasteiger partial charge < -0.3 is 5.32 Å². The predicted molar refractivity (Wildman–Crippen MR) is 53.4 cm³/mol. The fourth-order valence-corrected chi connectivity index (χ4v) is 1.28. The normalized spacial score (nSPS) is 10.5. The van der Waals surface area contributed by atoms with Crippen LogP contribution in [0.15, 0.2) is 22.7 Å². The van der Waals surface area contributed by atoms with E-state index in [0.29, 0.717) is 5.69 Å². The van der Waals surface area contributed by atoms with Gasteiger partial charge >= 0.3 is 0 Å². The molecule has 1 aromatic rings. The summed E-state index contributed by atoms with van der Waals surface area (Å²) in [6.07, 6.45) is -2.32. The van der Waals surface area contributed by atoms with Crippen LogP contribution in [-0.2, 0) is 0 Å². The minimum absolute atomic E-state index is 0.310. The third kappa shape index (κ3) is 3.30. The van der Waals surface area contributed by atoms with Crippen molar-refractivity contribution in [1.29, 1.82) is 0 Å². The third-order valence-electron chi connectivity index (χ3n) is 1.63. The molecular formula is C9H10BrF2N. The van der Waals surface area contributed by atoms with Crippen molar-refractivity contribution < 1.29 is 8.78 Å². The summed E-state index contributed by atoms with van der Waals surface area (Å²) in [4.78, 5) is 0. The molecule has 0 saturated carbocycles. The number of rotatable bonds is 3. The third-order valence-corrected chi connectivity index (χ3v) is 2.49. The maximum Gasteiger partial charge on any atom is 0.255 e. The van der Waals surface area contributed by atoms with Crippen molar-refractivity contribution in [2.45, 2.75) is 13.3 Å². The number of aryl methyl sites for hydroxylation is 1. The number of alkyl halides is 2. The van der Waals surface area contributed by atoms with E-state index in [2.05, 4.69) is 21.2 Å². The molecule has 1 N–H and O–H groups in total. The fraction of sp³-hybridized carbons (Fsp3) is 0.333. The molecule has 0 aliphatic carbocycles. The van der Waals surface area contributed by atoms with Gasteiger partial charge in [0.05, 0.1) is 6.54 Å². The summed E-state index contributed by atoms with van der Waals surface area (Å²) in [6.45, 7) is 1.64. The lowest BCUT2D eigenvalue weighted by atomic mass is 10.2. The van der Waals surface area contributed by atoms with Crippen molar-refractivity contribution >= 4 is 21.6 Å². The summed E-state index contributed by atoms with van der Waals surface area (Å²) >= 11 is 3.33. The van der Waals surface area contributed by atoms with Crippen LogP contribution >= 0.6 is 15.9 Å². The van der Waals surface area contributed by atoms with Crippen LogP contribution in [0.25, 0.3) is 0 Å². The predicted octanol–water partition coefficient (Wildman–Crippen LogP) is 3.43. The van der Waals surface area contributed by atoms with Gasteiger partial charge in [-0.05, 0) is 24.6 Å². The Kier molecular flexibility index (Phi) is 3.66. The van der Waals surface area contributed by atoms with E-state index in [1.165, 1.54) is 0 Å². The Morgan fingerprint density at radius 3 is 2.69 bits per heavy atom. The molecule has 0 amide bonds. The lowest BCUT2D eigenvalue weighted by Gasteiger charge is -2.06. The first kappa shape index (κ1) is 10.4. The van der Waals surface area contributed by atoms with Crippen molar-refractivity contribution in [3.63, 3.8) is 0 Å². The zero-order valence-electron chi connectivity index (χ0n) is 7.15. The van der Waals surface area contributed by atoms with Crippen molar-refractivity contribution in [1.82, 2.24) is 0 Å². The van der Waals surface area contributed by atoms with E-state index in [0.717, 1.165) is 10.0 Å². The van der Waals surface area contributed by atoms with Crippen molar-refractivity contribution in [3.05, 3.63) is 28.2 Å². The Labute approximate surface area is 84.3 Å². The van der Waals surface area contributed by atoms with Gasteiger partial charge in [0, 0.05) is 10.2 Å². The molecule has 0 radical (unpaired) electrons. The second-order valence-corrected chi connectivity index (χ2v) is 3.59. The minimum Gasteiger partial charge on any atom is -0.379 e. The van der Waals surface area contributed by atoms with Crippen LogP contribution in [0.5, 0.6) is 0 Å². The van der Waals surface area contributed by atoms with Gasteiger partial charge in [-0.2, -0.15) is 0 Å². The van der Waals surface area contributed by atoms with Crippen LogP contribution in [0.2, 0.25) is 0 Å². The van der Waals surface area contributed by atoms with Gasteiger partial charge in [-0.1, -0.05) is 22.0 Å². The second kappa shape index (κ2) is 4.56. The molecule has 0 bridgehead atoms. The highest BCUT2D eigenvalue weighted by atomic mass is 79.9. The van der Waals surface area contributed by atoms with Gasteiger partial charge in [0.25, 0.3) is 6.43 Å². The number of benzene rings is 1. The van der Waals surface area contributed by atoms with E-state index in [1.54, 1.807) is 12.1 Å². The van der Waals surface area contributed by atoms with Gasteiger partial charge in [-0.3, -0.25) is 0 Å². The number of hydrogen-bond acceptors (Lipinski definition) is 1. The Hall–Kier alpha value is -0.640. The lowest BCUT2D eigenvalue weighted by molar-refractivity contribution is 0.163. The summed E-state index contributed by atoms with van der Waals surface area (Å²) in [5.74, 6) is 0. The van der Waals surface area contributed by atoms with E-state index in [4.69, 9.17) is 0 Å². The van der Waals surface area contributed by atoms with Crippen LogP contribution in [0.1, 0.15) is 5.56 Å². The second-order valence-electron chi connectivity index (χ2n) is 2.74. The Morgan fingerprint density at radius 1 is 1.46 bits per heavy atom. The number of anilines is 1. The summed E-state index contributed by atoms with van der Waals surface area (Å²) in [5.41, 5.74) is 1.79. The molecular weight excluding hydrogens is 240 g/mol. The van der Waals surface area contributed by atoms with Crippen LogP contribution < -0.4 is 5.32 Å². The average Bonchev–Trinajstić information content (AvgIpc) is 2.07. The van der Waals surface area contributed by atoms with Crippen LogP contribution in [0, 0.1) is 6.92 Å². The van der Waals surface area contributed by atoms with Crippen molar-refractivity contribution in [2.75, 3.05) is 11.9 Å². The summed E-state index contributed by atoms with van der Waals surface area (Å²) in [5, 5.41) is 2.63. The highest BCUT2D eigenvalue weighted by Crippen LogP contribution is 2.20. The SMILES string of the molecule is Cc1ccc(NCC(F)F)cc1Br. The van der Waals surface area contributed by atoms with Gasteiger partial charge in [0.15, 0.2) is 0 Å². The highest BCUT2D eigenvalue weighted by Gasteiger charge is 2.02. The summed E-state index contributed by atoms with van der Waals surface area (Å²) in [7, 11) is 0. The molecule has 1 aromatic carbocycles. The van der Waals surface area contributed by atoms with Gasteiger partial charge in [-0.15, -0.1) is 0 Å². The topological polar surface area (TPSA) is 12.0 Å². The van der Waals surface area contributed by atoms with Crippen LogP contribution in [0.3, 0.4) is 0 Å². The monoisotopic (exact) mass is 249 g/mol. The highest BCUT2D eigenvalue weighted by molar-refractivity contribution is 9.10. The maximum atomic E-state index is 11.8. The molecule has 0 saturated heterocycles. The molecule has 1 nitrogen and oxygen atoms in total. The zero-order valence-corrected chi connectivity index (χ0v) is 8.74. The van der Waals surface area contributed by atoms with Gasteiger partial charge in [-0.25, -0.2) is 8.78 Å². The summed E-state index contributed by atoms with van der Waals surface area (Å²) in [6, 6.07) is 5.44. The molecule has 4 heteroatoms. The molecule has 0 fully saturated rings. The molecule has 72 valence electrons. The average molecular weight is 250 g/mol.